The van der Waals surface area contributed by atoms with Gasteiger partial charge in [0, 0.05) is 5.39 Å². The van der Waals surface area contributed by atoms with Crippen molar-refractivity contribution in [3.63, 3.8) is 0 Å². The third kappa shape index (κ3) is 6.99. The van der Waals surface area contributed by atoms with Gasteiger partial charge in [0.1, 0.15) is 31.3 Å². The topological polar surface area (TPSA) is 86.8 Å². The average Bonchev–Trinajstić information content (AvgIpc) is 2.99. The molecule has 5 rings (SSSR count). The highest BCUT2D eigenvalue weighted by Crippen LogP contribution is 2.29. The zero-order chi connectivity index (χ0) is 26.9. The van der Waals surface area contributed by atoms with Crippen LogP contribution >= 0.6 is 0 Å². The predicted octanol–water partition coefficient (Wildman–Crippen LogP) is 6.08. The van der Waals surface area contributed by atoms with Gasteiger partial charge < -0.3 is 19.5 Å². The SMILES string of the molecule is O=C(CNC(=O)c1nc2ccc(Oc3ccccc3)cc2cc1OCc1ccccc1)OCc1ccccc1. The number of aromatic nitrogens is 1. The van der Waals surface area contributed by atoms with E-state index in [0.29, 0.717) is 22.8 Å². The molecule has 4 aromatic carbocycles. The summed E-state index contributed by atoms with van der Waals surface area (Å²) in [6, 6.07) is 35.6. The molecule has 0 aliphatic carbocycles. The lowest BCUT2D eigenvalue weighted by Crippen LogP contribution is -2.31. The fraction of sp³-hybridized carbons (Fsp3) is 0.0938. The van der Waals surface area contributed by atoms with Crippen LogP contribution < -0.4 is 14.8 Å². The number of para-hydroxylation sites is 1. The Kier molecular flexibility index (Phi) is 8.09. The summed E-state index contributed by atoms with van der Waals surface area (Å²) in [5.74, 6) is 0.533. The van der Waals surface area contributed by atoms with Crippen LogP contribution in [0.2, 0.25) is 0 Å². The summed E-state index contributed by atoms with van der Waals surface area (Å²) in [6.07, 6.45) is 0. The van der Waals surface area contributed by atoms with E-state index in [0.717, 1.165) is 16.5 Å². The van der Waals surface area contributed by atoms with E-state index in [2.05, 4.69) is 10.3 Å². The van der Waals surface area contributed by atoms with Gasteiger partial charge in [0.25, 0.3) is 5.91 Å². The minimum absolute atomic E-state index is 0.0750. The molecule has 0 aliphatic rings. The Balaban J connectivity index is 1.34. The number of rotatable bonds is 10. The maximum Gasteiger partial charge on any atom is 0.325 e. The number of nitrogens with one attached hydrogen (secondary N) is 1. The smallest absolute Gasteiger partial charge is 0.325 e. The van der Waals surface area contributed by atoms with Crippen LogP contribution in [0.1, 0.15) is 21.6 Å². The van der Waals surface area contributed by atoms with Crippen LogP contribution in [-0.2, 0) is 22.7 Å². The lowest BCUT2D eigenvalue weighted by atomic mass is 10.1. The second-order valence-corrected chi connectivity index (χ2v) is 8.71. The second kappa shape index (κ2) is 12.4. The van der Waals surface area contributed by atoms with Gasteiger partial charge in [-0.3, -0.25) is 9.59 Å². The van der Waals surface area contributed by atoms with Gasteiger partial charge in [-0.25, -0.2) is 4.98 Å². The zero-order valence-corrected chi connectivity index (χ0v) is 21.1. The van der Waals surface area contributed by atoms with Crippen LogP contribution in [0.4, 0.5) is 0 Å². The van der Waals surface area contributed by atoms with Gasteiger partial charge in [0.05, 0.1) is 5.52 Å². The van der Waals surface area contributed by atoms with E-state index >= 15 is 0 Å². The van der Waals surface area contributed by atoms with E-state index in [1.807, 2.05) is 97.1 Å². The third-order valence-electron chi connectivity index (χ3n) is 5.82. The van der Waals surface area contributed by atoms with Crippen molar-refractivity contribution >= 4 is 22.8 Å². The van der Waals surface area contributed by atoms with Gasteiger partial charge in [-0.15, -0.1) is 0 Å². The zero-order valence-electron chi connectivity index (χ0n) is 21.1. The van der Waals surface area contributed by atoms with Crippen molar-refractivity contribution in [3.8, 4) is 17.2 Å². The molecule has 0 radical (unpaired) electrons. The van der Waals surface area contributed by atoms with E-state index < -0.39 is 11.9 Å². The molecule has 0 spiro atoms. The average molecular weight is 519 g/mol. The molecule has 0 saturated heterocycles. The van der Waals surface area contributed by atoms with E-state index in [4.69, 9.17) is 14.2 Å². The standard InChI is InChI=1S/C32H26N2O5/c35-30(38-22-24-12-6-2-7-13-24)20-33-32(36)31-29(37-21-23-10-4-1-5-11-23)19-25-18-27(16-17-28(25)34-31)39-26-14-8-3-9-15-26/h1-19H,20-22H2,(H,33,36). The monoisotopic (exact) mass is 518 g/mol. The van der Waals surface area contributed by atoms with Gasteiger partial charge in [-0.05, 0) is 47.5 Å². The van der Waals surface area contributed by atoms with Crippen molar-refractivity contribution in [2.45, 2.75) is 13.2 Å². The molecule has 5 aromatic rings. The van der Waals surface area contributed by atoms with E-state index in [9.17, 15) is 9.59 Å². The van der Waals surface area contributed by atoms with Crippen molar-refractivity contribution < 1.29 is 23.8 Å². The molecule has 1 heterocycles. The van der Waals surface area contributed by atoms with Crippen molar-refractivity contribution in [2.75, 3.05) is 6.54 Å². The molecule has 0 fully saturated rings. The number of esters is 1. The summed E-state index contributed by atoms with van der Waals surface area (Å²) < 4.78 is 17.3. The van der Waals surface area contributed by atoms with E-state index in [-0.39, 0.29) is 25.5 Å². The molecular formula is C32H26N2O5. The molecule has 0 atom stereocenters. The predicted molar refractivity (Wildman–Crippen MR) is 148 cm³/mol. The van der Waals surface area contributed by atoms with Crippen LogP contribution in [0.15, 0.2) is 115 Å². The third-order valence-corrected chi connectivity index (χ3v) is 5.82. The first kappa shape index (κ1) is 25.5. The molecule has 1 aromatic heterocycles. The van der Waals surface area contributed by atoms with Crippen molar-refractivity contribution in [3.05, 3.63) is 132 Å². The summed E-state index contributed by atoms with van der Waals surface area (Å²) in [7, 11) is 0. The first-order valence-electron chi connectivity index (χ1n) is 12.5. The minimum Gasteiger partial charge on any atom is -0.486 e. The summed E-state index contributed by atoms with van der Waals surface area (Å²) in [5, 5.41) is 3.34. The van der Waals surface area contributed by atoms with Crippen LogP contribution in [-0.4, -0.2) is 23.4 Å². The Morgan fingerprint density at radius 2 is 1.33 bits per heavy atom. The molecule has 0 aliphatic heterocycles. The molecule has 7 nitrogen and oxygen atoms in total. The van der Waals surface area contributed by atoms with Crippen LogP contribution in [0.3, 0.4) is 0 Å². The Labute approximate surface area is 226 Å². The van der Waals surface area contributed by atoms with Gasteiger partial charge in [0.2, 0.25) is 0 Å². The van der Waals surface area contributed by atoms with Crippen LogP contribution in [0, 0.1) is 0 Å². The van der Waals surface area contributed by atoms with Crippen molar-refractivity contribution in [1.29, 1.82) is 0 Å². The highest BCUT2D eigenvalue weighted by Gasteiger charge is 2.18. The fourth-order valence-electron chi connectivity index (χ4n) is 3.86. The summed E-state index contributed by atoms with van der Waals surface area (Å²) in [6.45, 7) is 0.0730. The number of hydrogen-bond acceptors (Lipinski definition) is 6. The Hall–Kier alpha value is -5.17. The van der Waals surface area contributed by atoms with Crippen LogP contribution in [0.5, 0.6) is 17.2 Å². The molecule has 7 heteroatoms. The number of pyridine rings is 1. The highest BCUT2D eigenvalue weighted by atomic mass is 16.5. The number of ether oxygens (including phenoxy) is 3. The lowest BCUT2D eigenvalue weighted by Gasteiger charge is -2.13. The molecule has 0 bridgehead atoms. The molecular weight excluding hydrogens is 492 g/mol. The minimum atomic E-state index is -0.553. The van der Waals surface area contributed by atoms with Gasteiger partial charge in [-0.1, -0.05) is 78.9 Å². The molecule has 0 saturated carbocycles. The molecule has 194 valence electrons. The number of carbonyl (C=O) groups excluding carboxylic acids is 2. The van der Waals surface area contributed by atoms with Crippen molar-refractivity contribution in [2.24, 2.45) is 0 Å². The number of carbonyl (C=O) groups is 2. The normalized spacial score (nSPS) is 10.6. The number of benzene rings is 4. The molecule has 39 heavy (non-hydrogen) atoms. The lowest BCUT2D eigenvalue weighted by molar-refractivity contribution is -0.143. The first-order valence-corrected chi connectivity index (χ1v) is 12.5. The number of fused-ring (bicyclic) bond motifs is 1. The molecule has 1 N–H and O–H groups in total. The van der Waals surface area contributed by atoms with E-state index in [1.54, 1.807) is 18.2 Å². The maximum absolute atomic E-state index is 13.1. The fourth-order valence-corrected chi connectivity index (χ4v) is 3.86. The van der Waals surface area contributed by atoms with Crippen LogP contribution in [0.25, 0.3) is 10.9 Å². The van der Waals surface area contributed by atoms with Gasteiger partial charge >= 0.3 is 5.97 Å². The Bertz CT molecular complexity index is 1560. The quantitative estimate of drug-likeness (QED) is 0.226. The van der Waals surface area contributed by atoms with Gasteiger partial charge in [0.15, 0.2) is 11.4 Å². The highest BCUT2D eigenvalue weighted by molar-refractivity contribution is 5.99. The number of hydrogen-bond donors (Lipinski definition) is 1. The summed E-state index contributed by atoms with van der Waals surface area (Å²) in [5.41, 5.74) is 2.46. The Morgan fingerprint density at radius 3 is 2.03 bits per heavy atom. The number of nitrogens with zero attached hydrogens (tertiary/aromatic N) is 1. The number of amides is 1. The maximum atomic E-state index is 13.1. The largest absolute Gasteiger partial charge is 0.486 e. The van der Waals surface area contributed by atoms with Crippen molar-refractivity contribution in [1.82, 2.24) is 10.3 Å². The van der Waals surface area contributed by atoms with E-state index in [1.165, 1.54) is 0 Å². The van der Waals surface area contributed by atoms with Gasteiger partial charge in [-0.2, -0.15) is 0 Å². The summed E-state index contributed by atoms with van der Waals surface area (Å²) >= 11 is 0. The first-order chi connectivity index (χ1) is 19.1. The molecule has 1 amide bonds. The Morgan fingerprint density at radius 1 is 0.692 bits per heavy atom. The second-order valence-electron chi connectivity index (χ2n) is 8.71. The molecule has 0 unspecified atom stereocenters. The summed E-state index contributed by atoms with van der Waals surface area (Å²) in [4.78, 5) is 29.9.